The van der Waals surface area contributed by atoms with E-state index in [9.17, 15) is 35.9 Å². The molecule has 2 aliphatic heterocycles. The van der Waals surface area contributed by atoms with Crippen LogP contribution in [0, 0.1) is 0 Å². The number of carbonyl (C=O) groups is 2. The lowest BCUT2D eigenvalue weighted by molar-refractivity contribution is -0.143. The maximum atomic E-state index is 13.7. The lowest BCUT2D eigenvalue weighted by Gasteiger charge is -2.47. The van der Waals surface area contributed by atoms with Crippen LogP contribution in [0.25, 0.3) is 0 Å². The molecule has 1 aromatic carbocycles. The quantitative estimate of drug-likeness (QED) is 0.302. The average Bonchev–Trinajstić information content (AvgIpc) is 3.44. The fourth-order valence-electron chi connectivity index (χ4n) is 5.94. The highest BCUT2D eigenvalue weighted by Gasteiger charge is 2.42. The Morgan fingerprint density at radius 1 is 0.978 bits per heavy atom. The molecule has 252 valence electrons. The van der Waals surface area contributed by atoms with Crippen LogP contribution in [-0.2, 0) is 28.4 Å². The Balaban J connectivity index is 1.71. The summed E-state index contributed by atoms with van der Waals surface area (Å²) in [5, 5.41) is 14.9. The number of amides is 1. The molecule has 1 fully saturated rings. The van der Waals surface area contributed by atoms with Crippen molar-refractivity contribution in [2.75, 3.05) is 25.1 Å². The molecule has 2 aliphatic rings. The number of likely N-dealkylation sites (tertiary alicyclic amines) is 1. The molecule has 0 saturated carbocycles. The predicted octanol–water partition coefficient (Wildman–Crippen LogP) is 6.17. The Hall–Kier alpha value is -4.11. The zero-order valence-electron chi connectivity index (χ0n) is 25.6. The van der Waals surface area contributed by atoms with Gasteiger partial charge in [-0.15, -0.1) is 0 Å². The van der Waals surface area contributed by atoms with Gasteiger partial charge in [0.25, 0.3) is 0 Å². The van der Waals surface area contributed by atoms with Crippen LogP contribution in [0.5, 0.6) is 0 Å². The number of benzene rings is 1. The van der Waals surface area contributed by atoms with Gasteiger partial charge in [0.2, 0.25) is 5.95 Å². The third kappa shape index (κ3) is 8.37. The normalized spacial score (nSPS) is 21.8. The number of rotatable bonds is 10. The molecular weight excluding hydrogens is 622 g/mol. The number of halogens is 6. The molecule has 3 heterocycles. The van der Waals surface area contributed by atoms with Crippen LogP contribution in [0.2, 0.25) is 0 Å². The van der Waals surface area contributed by atoms with Gasteiger partial charge in [-0.1, -0.05) is 13.8 Å². The van der Waals surface area contributed by atoms with Crippen molar-refractivity contribution < 1.29 is 45.8 Å². The van der Waals surface area contributed by atoms with Crippen molar-refractivity contribution in [3.05, 3.63) is 52.8 Å². The minimum atomic E-state index is -5.01. The molecule has 0 bridgehead atoms. The van der Waals surface area contributed by atoms with Crippen LogP contribution in [0.4, 0.5) is 37.1 Å². The molecule has 2 aromatic rings. The van der Waals surface area contributed by atoms with Gasteiger partial charge in [-0.25, -0.2) is 14.8 Å². The summed E-state index contributed by atoms with van der Waals surface area (Å²) in [5.41, 5.74) is -2.33. The highest BCUT2D eigenvalue weighted by molar-refractivity contribution is 5.71. The van der Waals surface area contributed by atoms with E-state index < -0.39 is 53.7 Å². The van der Waals surface area contributed by atoms with Crippen LogP contribution >= 0.6 is 0 Å². The van der Waals surface area contributed by atoms with E-state index in [2.05, 4.69) is 15.1 Å². The van der Waals surface area contributed by atoms with Crippen molar-refractivity contribution in [1.29, 1.82) is 0 Å². The van der Waals surface area contributed by atoms with Gasteiger partial charge in [0.05, 0.1) is 17.5 Å². The number of carboxylic acid groups (broad SMARTS) is 1. The number of hydrazone groups is 1. The Bertz CT molecular complexity index is 1360. The van der Waals surface area contributed by atoms with E-state index in [4.69, 9.17) is 9.84 Å². The fourth-order valence-corrected chi connectivity index (χ4v) is 5.94. The van der Waals surface area contributed by atoms with E-state index >= 15 is 0 Å². The molecule has 1 aromatic heterocycles. The SMILES string of the molecule is CC[C@@H]1C[C@H](N(Cc2cc(C(F)(F)F)cc(C(F)(F)F)c2)c2ncc(C3C=NN(C)C3)cn2)C[C@H](CC)N1C(=O)OCCC(=O)O. The number of anilines is 1. The third-order valence-corrected chi connectivity index (χ3v) is 8.26. The van der Waals surface area contributed by atoms with Crippen molar-refractivity contribution in [1.82, 2.24) is 19.9 Å². The van der Waals surface area contributed by atoms with E-state index in [1.165, 1.54) is 0 Å². The third-order valence-electron chi connectivity index (χ3n) is 8.26. The maximum absolute atomic E-state index is 13.7. The van der Waals surface area contributed by atoms with Crippen molar-refractivity contribution >= 4 is 24.2 Å². The van der Waals surface area contributed by atoms with Gasteiger partial charge in [-0.05, 0) is 55.0 Å². The number of aromatic nitrogens is 2. The van der Waals surface area contributed by atoms with Crippen molar-refractivity contribution in [2.45, 2.75) is 88.9 Å². The first-order valence-corrected chi connectivity index (χ1v) is 14.9. The van der Waals surface area contributed by atoms with Crippen LogP contribution in [0.1, 0.15) is 74.1 Å². The smallest absolute Gasteiger partial charge is 0.416 e. The maximum Gasteiger partial charge on any atom is 0.416 e. The molecule has 4 atom stereocenters. The van der Waals surface area contributed by atoms with E-state index in [0.717, 1.165) is 5.56 Å². The van der Waals surface area contributed by atoms with Gasteiger partial charge in [0, 0.05) is 62.8 Å². The second-order valence-corrected chi connectivity index (χ2v) is 11.5. The van der Waals surface area contributed by atoms with Gasteiger partial charge >= 0.3 is 24.4 Å². The molecule has 4 rings (SSSR count). The molecular formula is C30H36F6N6O4. The average molecular weight is 659 g/mol. The fraction of sp³-hybridized carbons (Fsp3) is 0.567. The summed E-state index contributed by atoms with van der Waals surface area (Å²) in [6, 6.07) is 0.177. The van der Waals surface area contributed by atoms with E-state index in [-0.39, 0.29) is 55.9 Å². The summed E-state index contributed by atoms with van der Waals surface area (Å²) in [4.78, 5) is 36.1. The zero-order valence-corrected chi connectivity index (χ0v) is 25.6. The lowest BCUT2D eigenvalue weighted by atomic mass is 9.87. The molecule has 1 amide bonds. The molecule has 0 radical (unpaired) electrons. The number of ether oxygens (including phenoxy) is 1. The molecule has 1 N–H and O–H groups in total. The number of piperidine rings is 1. The molecule has 46 heavy (non-hydrogen) atoms. The number of alkyl halides is 6. The van der Waals surface area contributed by atoms with Crippen molar-refractivity contribution in [2.24, 2.45) is 5.10 Å². The first-order valence-electron chi connectivity index (χ1n) is 14.9. The van der Waals surface area contributed by atoms with E-state index in [1.807, 2.05) is 13.8 Å². The monoisotopic (exact) mass is 658 g/mol. The standard InChI is InChI=1S/C30H36F6N6O4/c1-4-23-11-25(12-24(5-2)42(23)28(45)46-7-6-26(43)44)41(27-37-13-19(14-38-27)20-15-39-40(3)17-20)16-18-8-21(29(31,32)33)10-22(9-18)30(34,35)36/h8-10,13-15,20,23-25H,4-7,11-12,16-17H2,1-3H3,(H,43,44)/t20?,23-,24+,25+. The summed E-state index contributed by atoms with van der Waals surface area (Å²) < 4.78 is 87.5. The number of hydrogen-bond donors (Lipinski definition) is 1. The van der Waals surface area contributed by atoms with Crippen molar-refractivity contribution in [3.63, 3.8) is 0 Å². The topological polar surface area (TPSA) is 111 Å². The summed E-state index contributed by atoms with van der Waals surface area (Å²) >= 11 is 0. The van der Waals surface area contributed by atoms with Gasteiger partial charge < -0.3 is 19.6 Å². The lowest BCUT2D eigenvalue weighted by Crippen LogP contribution is -2.57. The van der Waals surface area contributed by atoms with Crippen LogP contribution in [-0.4, -0.2) is 81.6 Å². The minimum Gasteiger partial charge on any atom is -0.481 e. The summed E-state index contributed by atoms with van der Waals surface area (Å²) in [6.45, 7) is 3.60. The Labute approximate surface area is 262 Å². The molecule has 0 spiro atoms. The van der Waals surface area contributed by atoms with Gasteiger partial charge in [-0.3, -0.25) is 9.80 Å². The Kier molecular flexibility index (Phi) is 10.7. The number of hydrogen-bond acceptors (Lipinski definition) is 8. The van der Waals surface area contributed by atoms with Crippen LogP contribution < -0.4 is 4.90 Å². The molecule has 1 unspecified atom stereocenters. The molecule has 10 nitrogen and oxygen atoms in total. The second kappa shape index (κ2) is 14.1. The van der Waals surface area contributed by atoms with Crippen molar-refractivity contribution in [3.8, 4) is 0 Å². The summed E-state index contributed by atoms with van der Waals surface area (Å²) in [7, 11) is 1.81. The number of likely N-dealkylation sites (N-methyl/N-ethyl adjacent to an activating group) is 1. The highest BCUT2D eigenvalue weighted by Crippen LogP contribution is 2.38. The number of carbonyl (C=O) groups excluding carboxylic acids is 1. The summed E-state index contributed by atoms with van der Waals surface area (Å²) in [6.07, 6.45) is -4.68. The largest absolute Gasteiger partial charge is 0.481 e. The number of carboxylic acids is 1. The number of aliphatic carboxylic acids is 1. The highest BCUT2D eigenvalue weighted by atomic mass is 19.4. The second-order valence-electron chi connectivity index (χ2n) is 11.5. The first-order chi connectivity index (χ1) is 21.6. The van der Waals surface area contributed by atoms with Gasteiger partial charge in [0.15, 0.2) is 0 Å². The predicted molar refractivity (Wildman–Crippen MR) is 155 cm³/mol. The van der Waals surface area contributed by atoms with Crippen LogP contribution in [0.3, 0.4) is 0 Å². The summed E-state index contributed by atoms with van der Waals surface area (Å²) in [5.74, 6) is -1.09. The Morgan fingerprint density at radius 3 is 2.00 bits per heavy atom. The molecule has 16 heteroatoms. The first kappa shape index (κ1) is 34.8. The van der Waals surface area contributed by atoms with Crippen LogP contribution in [0.15, 0.2) is 35.7 Å². The van der Waals surface area contributed by atoms with Gasteiger partial charge in [0.1, 0.15) is 6.61 Å². The van der Waals surface area contributed by atoms with E-state index in [1.54, 1.807) is 40.5 Å². The Morgan fingerprint density at radius 2 is 1.54 bits per heavy atom. The minimum absolute atomic E-state index is 0.0883. The van der Waals surface area contributed by atoms with Gasteiger partial charge in [-0.2, -0.15) is 31.4 Å². The molecule has 0 aliphatic carbocycles. The molecule has 1 saturated heterocycles. The number of nitrogens with zero attached hydrogens (tertiary/aromatic N) is 6. The van der Waals surface area contributed by atoms with E-state index in [0.29, 0.717) is 31.5 Å². The zero-order chi connectivity index (χ0) is 33.8.